The molecular weight excluding hydrogens is 1400 g/mol. The summed E-state index contributed by atoms with van der Waals surface area (Å²) in [5.41, 5.74) is -0.326. The van der Waals surface area contributed by atoms with Crippen LogP contribution in [0.25, 0.3) is 0 Å². The summed E-state index contributed by atoms with van der Waals surface area (Å²) in [6.45, 7) is 3.29. The SMILES string of the molecule is CC(=O)N[C@H]1C(OC(C)=O)[C@H](O[C@@H]2OC(COC(C)=O)[C@H](OC(C)=O)C(OC(C)=O)[C@@H]2OC(C)=O)C(COC(C)=O)O[C@H]1OC1[C@@H](O)C(COC(=O)c2ccccc2)O[C@@H](O[C@@H]2C(COC(=O)c3ccccc3)O[C@@H](O)C(OC(=O)c3ccccc3)[C@H]2OC(=O)c2ccccc2)[C@H]1OC(=O)c1ccccc1. The molecule has 20 atom stereocenters. The summed E-state index contributed by atoms with van der Waals surface area (Å²) in [5.74, 6) is -12.4. The molecule has 0 aliphatic carbocycles. The lowest BCUT2D eigenvalue weighted by molar-refractivity contribution is -0.379. The fourth-order valence-electron chi connectivity index (χ4n) is 11.8. The van der Waals surface area contributed by atoms with Crippen molar-refractivity contribution in [2.75, 3.05) is 26.4 Å². The van der Waals surface area contributed by atoms with Gasteiger partial charge < -0.3 is 101 Å². The van der Waals surface area contributed by atoms with E-state index in [0.717, 1.165) is 48.5 Å². The van der Waals surface area contributed by atoms with Crippen molar-refractivity contribution in [3.05, 3.63) is 179 Å². The molecule has 566 valence electrons. The van der Waals surface area contributed by atoms with Gasteiger partial charge in [-0.2, -0.15) is 0 Å². The predicted octanol–water partition coefficient (Wildman–Crippen LogP) is 3.14. The van der Waals surface area contributed by atoms with Crippen LogP contribution >= 0.6 is 0 Å². The number of carbonyl (C=O) groups excluding carboxylic acids is 12. The monoisotopic (exact) mass is 1480 g/mol. The highest BCUT2D eigenvalue weighted by Gasteiger charge is 2.61. The number of amides is 1. The number of carbonyl (C=O) groups is 12. The van der Waals surface area contributed by atoms with E-state index in [9.17, 15) is 67.7 Å². The van der Waals surface area contributed by atoms with Crippen LogP contribution in [0.5, 0.6) is 0 Å². The van der Waals surface area contributed by atoms with Crippen molar-refractivity contribution in [1.82, 2.24) is 5.32 Å². The van der Waals surface area contributed by atoms with E-state index >= 15 is 0 Å². The van der Waals surface area contributed by atoms with Gasteiger partial charge in [-0.25, -0.2) is 24.0 Å². The lowest BCUT2D eigenvalue weighted by atomic mass is 9.93. The van der Waals surface area contributed by atoms with E-state index < -0.39 is 221 Å². The van der Waals surface area contributed by atoms with Crippen molar-refractivity contribution in [2.45, 2.75) is 171 Å². The van der Waals surface area contributed by atoms with Gasteiger partial charge in [0.1, 0.15) is 81.3 Å². The zero-order valence-electron chi connectivity index (χ0n) is 58.0. The Morgan fingerprint density at radius 1 is 0.302 bits per heavy atom. The summed E-state index contributed by atoms with van der Waals surface area (Å²) in [6, 6.07) is 34.8. The maximum absolute atomic E-state index is 14.9. The minimum atomic E-state index is -2.33. The molecule has 0 aromatic heterocycles. The third-order valence-corrected chi connectivity index (χ3v) is 16.4. The number of esters is 11. The van der Waals surface area contributed by atoms with E-state index in [0.29, 0.717) is 0 Å². The quantitative estimate of drug-likeness (QED) is 0.0502. The van der Waals surface area contributed by atoms with Crippen molar-refractivity contribution < 1.29 is 153 Å². The number of hydrogen-bond acceptors (Lipinski definition) is 32. The molecule has 5 aromatic carbocycles. The standard InChI is InChI=1S/C73H77NO32/c1-37(75)74-53-58(94-41(5)79)55(104-73-64(96-43(7)81)61(95-42(6)80)56(93-40(4)78)52(100-73)35-90-39(3)77)51(34-89-38(2)76)99-71(53)106-59-54(82)49(33-91-65(83)44-23-13-8-14-24-44)98-72(63(59)103-69(87)48-31-21-12-22-32-48)105-57-50(36-92-66(84)45-25-15-9-16-26-45)97-70(88)62(102-68(86)47-29-19-11-20-30-47)60(57)101-67(85)46-27-17-10-18-28-46/h8-32,49-64,70-73,82,88H,33-36H2,1-7H3,(H,74,75)/t49?,50?,51?,52?,53-,54-,55+,56-,57+,58?,59?,60-,61?,62?,63-,64-,70+,71-,72-,73-/m0/s1. The Bertz CT molecular complexity index is 3870. The molecular formula is C73H77NO32. The third kappa shape index (κ3) is 21.3. The predicted molar refractivity (Wildman–Crippen MR) is 351 cm³/mol. The van der Waals surface area contributed by atoms with E-state index in [1.54, 1.807) is 30.3 Å². The van der Waals surface area contributed by atoms with E-state index in [-0.39, 0.29) is 27.8 Å². The topological polar surface area (TPSA) is 423 Å². The van der Waals surface area contributed by atoms with Crippen LogP contribution in [0.2, 0.25) is 0 Å². The van der Waals surface area contributed by atoms with Crippen molar-refractivity contribution >= 4 is 71.6 Å². The highest BCUT2D eigenvalue weighted by Crippen LogP contribution is 2.40. The Kier molecular flexibility index (Phi) is 28.0. The fraction of sp³-hybridized carbons (Fsp3) is 0.425. The molecule has 4 aliphatic rings. The van der Waals surface area contributed by atoms with Gasteiger partial charge in [-0.1, -0.05) is 91.0 Å². The number of nitrogens with one attached hydrogen (secondary N) is 1. The normalized spacial score (nSPS) is 28.2. The number of aliphatic hydroxyl groups is 2. The Balaban J connectivity index is 1.20. The average molecular weight is 1480 g/mol. The smallest absolute Gasteiger partial charge is 0.338 e. The fourth-order valence-corrected chi connectivity index (χ4v) is 11.8. The molecule has 106 heavy (non-hydrogen) atoms. The second-order valence-electron chi connectivity index (χ2n) is 24.3. The summed E-state index contributed by atoms with van der Waals surface area (Å²) in [5, 5.41) is 27.7. The molecule has 0 bridgehead atoms. The van der Waals surface area contributed by atoms with Gasteiger partial charge in [-0.3, -0.25) is 33.6 Å². The molecule has 0 saturated carbocycles. The van der Waals surface area contributed by atoms with Gasteiger partial charge in [0.25, 0.3) is 0 Å². The number of benzene rings is 5. The summed E-state index contributed by atoms with van der Waals surface area (Å²) in [4.78, 5) is 163. The second-order valence-corrected chi connectivity index (χ2v) is 24.3. The Morgan fingerprint density at radius 2 is 0.604 bits per heavy atom. The third-order valence-electron chi connectivity index (χ3n) is 16.4. The Morgan fingerprint density at radius 3 is 1.03 bits per heavy atom. The molecule has 4 heterocycles. The first-order valence-electron chi connectivity index (χ1n) is 33.1. The lowest BCUT2D eigenvalue weighted by Gasteiger charge is -2.51. The first-order valence-corrected chi connectivity index (χ1v) is 33.1. The molecule has 0 spiro atoms. The Labute approximate surface area is 604 Å². The van der Waals surface area contributed by atoms with Crippen LogP contribution in [-0.2, 0) is 119 Å². The van der Waals surface area contributed by atoms with Gasteiger partial charge >= 0.3 is 65.7 Å². The van der Waals surface area contributed by atoms with Gasteiger partial charge in [0, 0.05) is 48.5 Å². The van der Waals surface area contributed by atoms with Crippen LogP contribution in [0.4, 0.5) is 0 Å². The average Bonchev–Trinajstić information content (AvgIpc) is 0.760. The summed E-state index contributed by atoms with van der Waals surface area (Å²) < 4.78 is 110. The van der Waals surface area contributed by atoms with Gasteiger partial charge in [-0.15, -0.1) is 0 Å². The largest absolute Gasteiger partial charge is 0.463 e. The van der Waals surface area contributed by atoms with Crippen LogP contribution in [0.1, 0.15) is 100 Å². The molecule has 4 aliphatic heterocycles. The molecule has 3 N–H and O–H groups in total. The molecule has 0 radical (unpaired) electrons. The van der Waals surface area contributed by atoms with Crippen LogP contribution in [-0.4, -0.2) is 231 Å². The van der Waals surface area contributed by atoms with E-state index in [1.165, 1.54) is 121 Å². The molecule has 33 heteroatoms. The molecule has 4 saturated heterocycles. The number of hydrogen-bond donors (Lipinski definition) is 3. The van der Waals surface area contributed by atoms with Crippen molar-refractivity contribution in [3.8, 4) is 0 Å². The molecule has 4 fully saturated rings. The minimum absolute atomic E-state index is 0.00210. The zero-order chi connectivity index (χ0) is 76.3. The van der Waals surface area contributed by atoms with Gasteiger partial charge in [0.05, 0.1) is 27.8 Å². The lowest BCUT2D eigenvalue weighted by Crippen LogP contribution is -2.71. The van der Waals surface area contributed by atoms with E-state index in [2.05, 4.69) is 5.32 Å². The van der Waals surface area contributed by atoms with Crippen LogP contribution in [0.3, 0.4) is 0 Å². The van der Waals surface area contributed by atoms with Gasteiger partial charge in [-0.05, 0) is 60.7 Å². The number of ether oxygens (including phenoxy) is 18. The highest BCUT2D eigenvalue weighted by molar-refractivity contribution is 5.92. The second kappa shape index (κ2) is 37.4. The van der Waals surface area contributed by atoms with Gasteiger partial charge in [0.2, 0.25) is 5.91 Å². The number of rotatable bonds is 27. The maximum atomic E-state index is 14.9. The molecule has 5 aromatic rings. The van der Waals surface area contributed by atoms with E-state index in [4.69, 9.17) is 85.3 Å². The van der Waals surface area contributed by atoms with Gasteiger partial charge in [0.15, 0.2) is 67.9 Å². The summed E-state index contributed by atoms with van der Waals surface area (Å²) in [7, 11) is 0. The molecule has 1 amide bonds. The van der Waals surface area contributed by atoms with Crippen molar-refractivity contribution in [1.29, 1.82) is 0 Å². The first-order chi connectivity index (χ1) is 50.7. The van der Waals surface area contributed by atoms with Crippen LogP contribution in [0, 0.1) is 0 Å². The molecule has 33 nitrogen and oxygen atoms in total. The zero-order valence-corrected chi connectivity index (χ0v) is 58.0. The highest BCUT2D eigenvalue weighted by atomic mass is 16.8. The van der Waals surface area contributed by atoms with Crippen LogP contribution in [0.15, 0.2) is 152 Å². The molecule has 9 rings (SSSR count). The Hall–Kier alpha value is -10.6. The van der Waals surface area contributed by atoms with Crippen LogP contribution < -0.4 is 5.32 Å². The maximum Gasteiger partial charge on any atom is 0.338 e. The first kappa shape index (κ1) is 79.5. The summed E-state index contributed by atoms with van der Waals surface area (Å²) in [6.07, 6.45) is -38.9. The summed E-state index contributed by atoms with van der Waals surface area (Å²) >= 11 is 0. The van der Waals surface area contributed by atoms with Crippen molar-refractivity contribution in [3.63, 3.8) is 0 Å². The van der Waals surface area contributed by atoms with E-state index in [1.807, 2.05) is 0 Å². The minimum Gasteiger partial charge on any atom is -0.463 e. The molecule has 8 unspecified atom stereocenters. The number of aliphatic hydroxyl groups excluding tert-OH is 2. The van der Waals surface area contributed by atoms with Crippen molar-refractivity contribution in [2.24, 2.45) is 0 Å².